The minimum Gasteiger partial charge on any atom is -0.478 e. The highest BCUT2D eigenvalue weighted by Gasteiger charge is 2.36. The molecule has 0 unspecified atom stereocenters. The Bertz CT molecular complexity index is 1240. The molecule has 9 heteroatoms. The Morgan fingerprint density at radius 3 is 2.62 bits per heavy atom. The van der Waals surface area contributed by atoms with Crippen LogP contribution in [-0.4, -0.2) is 31.6 Å². The molecule has 2 heterocycles. The zero-order chi connectivity index (χ0) is 22.2. The zero-order valence-electron chi connectivity index (χ0n) is 16.9. The normalized spacial score (nSPS) is 17.5. The van der Waals surface area contributed by atoms with E-state index in [-0.39, 0.29) is 17.2 Å². The van der Waals surface area contributed by atoms with Crippen molar-refractivity contribution in [3.8, 4) is 0 Å². The Kier molecular flexibility index (Phi) is 5.26. The van der Waals surface area contributed by atoms with Gasteiger partial charge >= 0.3 is 5.97 Å². The molecule has 0 radical (unpaired) electrons. The van der Waals surface area contributed by atoms with Crippen molar-refractivity contribution in [2.24, 2.45) is 0 Å². The maximum absolute atomic E-state index is 13.5. The summed E-state index contributed by atoms with van der Waals surface area (Å²) in [5.41, 5.74) is 3.49. The van der Waals surface area contributed by atoms with E-state index in [1.807, 2.05) is 0 Å². The minimum absolute atomic E-state index is 0.0712. The molecule has 1 atom stereocenters. The average Bonchev–Trinajstić information content (AvgIpc) is 3.20. The zero-order valence-corrected chi connectivity index (χ0v) is 17.7. The predicted octanol–water partition coefficient (Wildman–Crippen LogP) is 4.43. The van der Waals surface area contributed by atoms with Crippen LogP contribution in [0.25, 0.3) is 0 Å². The van der Waals surface area contributed by atoms with Crippen molar-refractivity contribution in [3.63, 3.8) is 0 Å². The number of halogens is 1. The van der Waals surface area contributed by atoms with Gasteiger partial charge < -0.3 is 10.4 Å². The SMILES string of the molecule is O=C1CCCC2=C1[C@H](c1ccc(F)cc1)n1nc(SCc3ccc(C(=O)O)cc3)nc1N2. The van der Waals surface area contributed by atoms with E-state index in [1.54, 1.807) is 41.1 Å². The number of hydrogen-bond donors (Lipinski definition) is 2. The standard InChI is InChI=1S/C23H19FN4O3S/c24-16-10-8-14(9-11-16)20-19-17(2-1-3-18(19)29)25-22-26-23(27-28(20)22)32-12-13-4-6-15(7-5-13)21(30)31/h4-11,20H,1-3,12H2,(H,30,31)(H,25,26,27)/t20-/m0/s1. The molecule has 2 aromatic carbocycles. The topological polar surface area (TPSA) is 97.1 Å². The highest BCUT2D eigenvalue weighted by Crippen LogP contribution is 2.40. The number of nitrogens with zero attached hydrogens (tertiary/aromatic N) is 3. The van der Waals surface area contributed by atoms with Gasteiger partial charge in [0.15, 0.2) is 5.78 Å². The average molecular weight is 450 g/mol. The summed E-state index contributed by atoms with van der Waals surface area (Å²) in [5, 5.41) is 17.5. The first-order chi connectivity index (χ1) is 15.5. The Morgan fingerprint density at radius 1 is 1.16 bits per heavy atom. The van der Waals surface area contributed by atoms with Crippen LogP contribution in [0.1, 0.15) is 46.8 Å². The van der Waals surface area contributed by atoms with E-state index in [2.05, 4.69) is 15.4 Å². The van der Waals surface area contributed by atoms with E-state index in [9.17, 15) is 14.0 Å². The number of Topliss-reactive ketones (excluding diaryl/α,β-unsaturated/α-hetero) is 1. The molecule has 3 aromatic rings. The maximum Gasteiger partial charge on any atom is 0.335 e. The Labute approximate surface area is 187 Å². The van der Waals surface area contributed by atoms with Crippen molar-refractivity contribution >= 4 is 29.5 Å². The lowest BCUT2D eigenvalue weighted by Crippen LogP contribution is -2.31. The number of nitrogens with one attached hydrogen (secondary N) is 1. The third kappa shape index (κ3) is 3.80. The number of fused-ring (bicyclic) bond motifs is 1. The van der Waals surface area contributed by atoms with Crippen LogP contribution in [0, 0.1) is 5.82 Å². The lowest BCUT2D eigenvalue weighted by atomic mass is 9.85. The second-order valence-electron chi connectivity index (χ2n) is 7.70. The molecule has 2 N–H and O–H groups in total. The van der Waals surface area contributed by atoms with Gasteiger partial charge in [0.2, 0.25) is 11.1 Å². The largest absolute Gasteiger partial charge is 0.478 e. The van der Waals surface area contributed by atoms with Crippen LogP contribution in [-0.2, 0) is 10.5 Å². The van der Waals surface area contributed by atoms with Gasteiger partial charge in [-0.3, -0.25) is 4.79 Å². The number of thioether (sulfide) groups is 1. The number of carboxylic acids is 1. The molecule has 32 heavy (non-hydrogen) atoms. The smallest absolute Gasteiger partial charge is 0.335 e. The lowest BCUT2D eigenvalue weighted by molar-refractivity contribution is -0.116. The summed E-state index contributed by atoms with van der Waals surface area (Å²) in [6.07, 6.45) is 2.02. The van der Waals surface area contributed by atoms with Gasteiger partial charge in [0.25, 0.3) is 0 Å². The molecule has 7 nitrogen and oxygen atoms in total. The highest BCUT2D eigenvalue weighted by molar-refractivity contribution is 7.98. The number of hydrogen-bond acceptors (Lipinski definition) is 6. The molecule has 0 fully saturated rings. The summed E-state index contributed by atoms with van der Waals surface area (Å²) in [6, 6.07) is 12.4. The summed E-state index contributed by atoms with van der Waals surface area (Å²) in [7, 11) is 0. The van der Waals surface area contributed by atoms with Gasteiger partial charge in [0.1, 0.15) is 11.9 Å². The summed E-state index contributed by atoms with van der Waals surface area (Å²) in [4.78, 5) is 28.4. The molecule has 0 amide bonds. The fourth-order valence-corrected chi connectivity index (χ4v) is 4.83. The molecule has 1 aromatic heterocycles. The summed E-state index contributed by atoms with van der Waals surface area (Å²) in [6.45, 7) is 0. The molecule has 0 bridgehead atoms. The molecular formula is C23H19FN4O3S. The monoisotopic (exact) mass is 450 g/mol. The number of ketones is 1. The summed E-state index contributed by atoms with van der Waals surface area (Å²) >= 11 is 1.42. The van der Waals surface area contributed by atoms with Crippen LogP contribution in [0.15, 0.2) is 65.0 Å². The van der Waals surface area contributed by atoms with Gasteiger partial charge in [-0.2, -0.15) is 4.98 Å². The summed E-state index contributed by atoms with van der Waals surface area (Å²) in [5.74, 6) is -0.109. The Morgan fingerprint density at radius 2 is 1.91 bits per heavy atom. The van der Waals surface area contributed by atoms with E-state index in [0.29, 0.717) is 28.9 Å². The van der Waals surface area contributed by atoms with Crippen LogP contribution in [0.2, 0.25) is 0 Å². The lowest BCUT2D eigenvalue weighted by Gasteiger charge is -2.32. The van der Waals surface area contributed by atoms with E-state index >= 15 is 0 Å². The Hall–Kier alpha value is -3.46. The van der Waals surface area contributed by atoms with Crippen molar-refractivity contribution in [1.29, 1.82) is 0 Å². The van der Waals surface area contributed by atoms with E-state index < -0.39 is 12.0 Å². The van der Waals surface area contributed by atoms with Gasteiger partial charge in [0.05, 0.1) is 5.56 Å². The van der Waals surface area contributed by atoms with Crippen molar-refractivity contribution in [1.82, 2.24) is 14.8 Å². The number of carboxylic acid groups (broad SMARTS) is 1. The van der Waals surface area contributed by atoms with Gasteiger partial charge in [-0.05, 0) is 48.2 Å². The highest BCUT2D eigenvalue weighted by atomic mass is 32.2. The first kappa shape index (κ1) is 20.4. The van der Waals surface area contributed by atoms with Crippen molar-refractivity contribution in [2.45, 2.75) is 36.2 Å². The first-order valence-electron chi connectivity index (χ1n) is 10.2. The van der Waals surface area contributed by atoms with Crippen molar-refractivity contribution in [2.75, 3.05) is 5.32 Å². The second kappa shape index (κ2) is 8.23. The molecule has 5 rings (SSSR count). The molecule has 1 aliphatic carbocycles. The molecule has 162 valence electrons. The van der Waals surface area contributed by atoms with Crippen molar-refractivity contribution < 1.29 is 19.1 Å². The molecule has 0 saturated carbocycles. The van der Waals surface area contributed by atoms with Crippen molar-refractivity contribution in [3.05, 3.63) is 82.3 Å². The first-order valence-corrected chi connectivity index (χ1v) is 11.2. The summed E-state index contributed by atoms with van der Waals surface area (Å²) < 4.78 is 15.2. The number of rotatable bonds is 5. The van der Waals surface area contributed by atoms with Crippen LogP contribution < -0.4 is 5.32 Å². The van der Waals surface area contributed by atoms with Gasteiger partial charge in [-0.1, -0.05) is 36.0 Å². The number of anilines is 1. The number of carbonyl (C=O) groups is 2. The fraction of sp³-hybridized carbons (Fsp3) is 0.217. The molecule has 0 spiro atoms. The molecular weight excluding hydrogens is 431 g/mol. The number of benzene rings is 2. The van der Waals surface area contributed by atoms with E-state index in [4.69, 9.17) is 5.11 Å². The third-order valence-corrected chi connectivity index (χ3v) is 6.51. The third-order valence-electron chi connectivity index (χ3n) is 5.60. The molecule has 1 aliphatic heterocycles. The predicted molar refractivity (Wildman–Crippen MR) is 117 cm³/mol. The van der Waals surface area contributed by atoms with Crippen LogP contribution >= 0.6 is 11.8 Å². The van der Waals surface area contributed by atoms with Crippen LogP contribution in [0.4, 0.5) is 10.3 Å². The minimum atomic E-state index is -0.962. The van der Waals surface area contributed by atoms with Crippen LogP contribution in [0.3, 0.4) is 0 Å². The van der Waals surface area contributed by atoms with Gasteiger partial charge in [-0.15, -0.1) is 5.10 Å². The number of aromatic nitrogens is 3. The quantitative estimate of drug-likeness (QED) is 0.555. The van der Waals surface area contributed by atoms with E-state index in [1.165, 1.54) is 23.9 Å². The van der Waals surface area contributed by atoms with Gasteiger partial charge in [-0.25, -0.2) is 13.9 Å². The number of aromatic carboxylic acids is 1. The van der Waals surface area contributed by atoms with Crippen LogP contribution in [0.5, 0.6) is 0 Å². The Balaban J connectivity index is 1.45. The maximum atomic E-state index is 13.5. The molecule has 2 aliphatic rings. The number of carbonyl (C=O) groups excluding carboxylic acids is 1. The van der Waals surface area contributed by atoms with E-state index in [0.717, 1.165) is 29.7 Å². The van der Waals surface area contributed by atoms with Gasteiger partial charge in [0, 0.05) is 23.4 Å². The fourth-order valence-electron chi connectivity index (χ4n) is 4.04. The second-order valence-corrected chi connectivity index (χ2v) is 8.64. The molecule has 0 saturated heterocycles. The number of allylic oxidation sites excluding steroid dienone is 2.